The minimum Gasteiger partial charge on any atom is -0.396 e. The lowest BCUT2D eigenvalue weighted by molar-refractivity contribution is -0.123. The van der Waals surface area contributed by atoms with Gasteiger partial charge in [-0.1, -0.05) is 11.6 Å². The smallest absolute Gasteiger partial charge is 0.332 e. The van der Waals surface area contributed by atoms with Crippen LogP contribution < -0.4 is 4.90 Å². The summed E-state index contributed by atoms with van der Waals surface area (Å²) in [7, 11) is 0. The second-order valence-electron chi connectivity index (χ2n) is 6.96. The molecular weight excluding hydrogens is 398 g/mol. The molecule has 0 unspecified atom stereocenters. The number of thioether (sulfide) groups is 1. The molecule has 3 amide bonds. The Hall–Kier alpha value is -2.09. The molecule has 2 aromatic rings. The average molecular weight is 420 g/mol. The highest BCUT2D eigenvalue weighted by Crippen LogP contribution is 2.36. The first-order valence-electron chi connectivity index (χ1n) is 8.94. The molecule has 3 rings (SSSR count). The number of rotatable bonds is 7. The Morgan fingerprint density at radius 2 is 1.89 bits per heavy atom. The first-order chi connectivity index (χ1) is 13.4. The van der Waals surface area contributed by atoms with Crippen LogP contribution in [-0.2, 0) is 11.3 Å². The van der Waals surface area contributed by atoms with Gasteiger partial charge in [-0.15, -0.1) is 11.8 Å². The number of aliphatic hydroxyl groups is 1. The van der Waals surface area contributed by atoms with E-state index in [-0.39, 0.29) is 18.5 Å². The predicted molar refractivity (Wildman–Crippen MR) is 111 cm³/mol. The zero-order chi connectivity index (χ0) is 20.3. The molecule has 148 valence electrons. The molecule has 1 N–H and O–H groups in total. The molecule has 0 bridgehead atoms. The molecule has 8 heteroatoms. The van der Waals surface area contributed by atoms with Gasteiger partial charge < -0.3 is 10.0 Å². The van der Waals surface area contributed by atoms with Crippen LogP contribution >= 0.6 is 23.4 Å². The molecule has 1 saturated heterocycles. The number of carbonyl (C=O) groups excluding carboxylic acids is 2. The van der Waals surface area contributed by atoms with Gasteiger partial charge in [-0.3, -0.25) is 9.78 Å². The van der Waals surface area contributed by atoms with E-state index in [0.717, 1.165) is 16.2 Å². The molecule has 1 aromatic carbocycles. The third kappa shape index (κ3) is 4.01. The number of hydrogen-bond donors (Lipinski definition) is 1. The molecule has 0 saturated carbocycles. The summed E-state index contributed by atoms with van der Waals surface area (Å²) in [6.07, 6.45) is 3.99. The van der Waals surface area contributed by atoms with E-state index in [1.165, 1.54) is 16.7 Å². The molecule has 2 heterocycles. The van der Waals surface area contributed by atoms with Crippen LogP contribution in [0.2, 0.25) is 5.02 Å². The first kappa shape index (κ1) is 20.6. The number of nitrogens with zero attached hydrogens (tertiary/aromatic N) is 3. The van der Waals surface area contributed by atoms with E-state index in [0.29, 0.717) is 23.7 Å². The summed E-state index contributed by atoms with van der Waals surface area (Å²) in [6, 6.07) is 8.46. The Kier molecular flexibility index (Phi) is 6.27. The highest BCUT2D eigenvalue weighted by molar-refractivity contribution is 7.99. The fourth-order valence-corrected chi connectivity index (χ4v) is 4.18. The summed E-state index contributed by atoms with van der Waals surface area (Å²) in [4.78, 5) is 33.7. The topological polar surface area (TPSA) is 73.7 Å². The number of carbonyl (C=O) groups is 2. The third-order valence-corrected chi connectivity index (χ3v) is 6.23. The summed E-state index contributed by atoms with van der Waals surface area (Å²) in [5.74, 6) is 0.451. The third-order valence-electron chi connectivity index (χ3n) is 4.65. The van der Waals surface area contributed by atoms with Crippen molar-refractivity contribution < 1.29 is 14.7 Å². The van der Waals surface area contributed by atoms with Crippen molar-refractivity contribution in [2.24, 2.45) is 0 Å². The van der Waals surface area contributed by atoms with Gasteiger partial charge >= 0.3 is 6.03 Å². The minimum atomic E-state index is -0.971. The van der Waals surface area contributed by atoms with Gasteiger partial charge in [-0.05, 0) is 56.2 Å². The van der Waals surface area contributed by atoms with Crippen molar-refractivity contribution in [3.8, 4) is 0 Å². The molecule has 0 radical (unpaired) electrons. The number of aliphatic hydroxyl groups excluding tert-OH is 1. The lowest BCUT2D eigenvalue weighted by Gasteiger charge is -2.27. The molecule has 1 aliphatic rings. The van der Waals surface area contributed by atoms with Gasteiger partial charge in [0, 0.05) is 36.2 Å². The largest absolute Gasteiger partial charge is 0.396 e. The van der Waals surface area contributed by atoms with Gasteiger partial charge in [0.15, 0.2) is 0 Å². The van der Waals surface area contributed by atoms with E-state index in [1.807, 2.05) is 12.1 Å². The Bertz CT molecular complexity index is 876. The number of aromatic nitrogens is 1. The second-order valence-corrected chi connectivity index (χ2v) is 8.51. The van der Waals surface area contributed by atoms with Crippen LogP contribution in [0, 0.1) is 0 Å². The SMILES string of the molecule is CC1(C)C(=O)N(c2ccc(SCCCO)c(Cl)c2)C(=O)N1Cc1ccncc1. The molecule has 1 aromatic heterocycles. The number of anilines is 1. The zero-order valence-electron chi connectivity index (χ0n) is 15.8. The van der Waals surface area contributed by atoms with Crippen LogP contribution in [0.15, 0.2) is 47.6 Å². The maximum Gasteiger partial charge on any atom is 0.332 e. The van der Waals surface area contributed by atoms with Crippen LogP contribution in [-0.4, -0.2) is 44.8 Å². The summed E-state index contributed by atoms with van der Waals surface area (Å²) in [5, 5.41) is 9.38. The monoisotopic (exact) mass is 419 g/mol. The van der Waals surface area contributed by atoms with Crippen LogP contribution in [0.25, 0.3) is 0 Å². The highest BCUT2D eigenvalue weighted by Gasteiger charge is 2.51. The predicted octanol–water partition coefficient (Wildman–Crippen LogP) is 3.96. The van der Waals surface area contributed by atoms with Crippen molar-refractivity contribution in [1.82, 2.24) is 9.88 Å². The number of imide groups is 1. The fourth-order valence-electron chi connectivity index (χ4n) is 2.99. The lowest BCUT2D eigenvalue weighted by atomic mass is 10.0. The van der Waals surface area contributed by atoms with E-state index in [2.05, 4.69) is 4.98 Å². The fraction of sp³-hybridized carbons (Fsp3) is 0.350. The number of hydrogen-bond acceptors (Lipinski definition) is 5. The second kappa shape index (κ2) is 8.51. The van der Waals surface area contributed by atoms with Gasteiger partial charge in [0.2, 0.25) is 0 Å². The van der Waals surface area contributed by atoms with Crippen molar-refractivity contribution in [2.75, 3.05) is 17.3 Å². The van der Waals surface area contributed by atoms with E-state index < -0.39 is 5.54 Å². The maximum atomic E-state index is 13.1. The van der Waals surface area contributed by atoms with E-state index >= 15 is 0 Å². The first-order valence-corrected chi connectivity index (χ1v) is 10.3. The Balaban J connectivity index is 1.85. The van der Waals surface area contributed by atoms with Crippen LogP contribution in [0.4, 0.5) is 10.5 Å². The molecular formula is C20H22ClN3O3S. The van der Waals surface area contributed by atoms with Crippen LogP contribution in [0.3, 0.4) is 0 Å². The Morgan fingerprint density at radius 1 is 1.18 bits per heavy atom. The summed E-state index contributed by atoms with van der Waals surface area (Å²) < 4.78 is 0. The number of pyridine rings is 1. The molecule has 1 aliphatic heterocycles. The highest BCUT2D eigenvalue weighted by atomic mass is 35.5. The molecule has 0 atom stereocenters. The van der Waals surface area contributed by atoms with E-state index in [1.54, 1.807) is 49.3 Å². The maximum absolute atomic E-state index is 13.1. The van der Waals surface area contributed by atoms with Gasteiger partial charge in [0.1, 0.15) is 5.54 Å². The molecule has 28 heavy (non-hydrogen) atoms. The van der Waals surface area contributed by atoms with Crippen LogP contribution in [0.5, 0.6) is 0 Å². The van der Waals surface area contributed by atoms with Crippen molar-refractivity contribution in [3.63, 3.8) is 0 Å². The van der Waals surface area contributed by atoms with Gasteiger partial charge in [-0.2, -0.15) is 0 Å². The zero-order valence-corrected chi connectivity index (χ0v) is 17.3. The number of urea groups is 1. The summed E-state index contributed by atoms with van der Waals surface area (Å²) in [6.45, 7) is 3.94. The standard InChI is InChI=1S/C20H22ClN3O3S/c1-20(2)18(26)24(19(27)23(20)13-14-6-8-22-9-7-14)15-4-5-17(16(21)12-15)28-11-3-10-25/h4-9,12,25H,3,10-11,13H2,1-2H3. The Labute approximate surface area is 173 Å². The molecule has 0 spiro atoms. The van der Waals surface area contributed by atoms with Crippen molar-refractivity contribution in [3.05, 3.63) is 53.3 Å². The number of amides is 3. The molecule has 6 nitrogen and oxygen atoms in total. The van der Waals surface area contributed by atoms with E-state index in [9.17, 15) is 9.59 Å². The quantitative estimate of drug-likeness (QED) is 0.417. The Morgan fingerprint density at radius 3 is 2.54 bits per heavy atom. The molecule has 1 fully saturated rings. The van der Waals surface area contributed by atoms with Gasteiger partial charge in [-0.25, -0.2) is 9.69 Å². The van der Waals surface area contributed by atoms with Gasteiger partial charge in [0.05, 0.1) is 10.7 Å². The number of halogens is 1. The van der Waals surface area contributed by atoms with Crippen LogP contribution in [0.1, 0.15) is 25.8 Å². The molecule has 0 aliphatic carbocycles. The minimum absolute atomic E-state index is 0.127. The van der Waals surface area contributed by atoms with E-state index in [4.69, 9.17) is 16.7 Å². The van der Waals surface area contributed by atoms with Crippen molar-refractivity contribution in [1.29, 1.82) is 0 Å². The normalized spacial score (nSPS) is 16.1. The van der Waals surface area contributed by atoms with Crippen molar-refractivity contribution >= 4 is 41.0 Å². The number of benzene rings is 1. The van der Waals surface area contributed by atoms with Crippen molar-refractivity contribution in [2.45, 2.75) is 37.2 Å². The summed E-state index contributed by atoms with van der Waals surface area (Å²) in [5.41, 5.74) is 0.387. The average Bonchev–Trinajstić information content (AvgIpc) is 2.84. The summed E-state index contributed by atoms with van der Waals surface area (Å²) >= 11 is 7.90. The lowest BCUT2D eigenvalue weighted by Crippen LogP contribution is -2.43. The van der Waals surface area contributed by atoms with Gasteiger partial charge in [0.25, 0.3) is 5.91 Å².